The number of carbonyl (C=O) groups excluding carboxylic acids is 1. The van der Waals surface area contributed by atoms with Crippen molar-refractivity contribution >= 4 is 11.6 Å². The molecule has 0 aliphatic rings. The third-order valence-corrected chi connectivity index (χ3v) is 4.33. The molecule has 0 aliphatic carbocycles. The van der Waals surface area contributed by atoms with Crippen LogP contribution in [0.5, 0.6) is 11.5 Å². The molecule has 0 atom stereocenters. The second-order valence-corrected chi connectivity index (χ2v) is 6.26. The Bertz CT molecular complexity index is 889. The lowest BCUT2D eigenvalue weighted by atomic mass is 10.0. The standard InChI is InChI=1S/C23H23NO3/c1-26-21-11-8-18(9-12-21)15-23(25)24-20-10-13-22(27-2)19(16-20)14-17-6-4-3-5-7-17/h3-13,16H,14-15H2,1-2H3,(H,24,25). The van der Waals surface area contributed by atoms with Crippen molar-refractivity contribution in [3.05, 3.63) is 89.5 Å². The molecular weight excluding hydrogens is 338 g/mol. The van der Waals surface area contributed by atoms with E-state index in [1.165, 1.54) is 5.56 Å². The Hall–Kier alpha value is -3.27. The van der Waals surface area contributed by atoms with Crippen LogP contribution < -0.4 is 14.8 Å². The molecule has 0 unspecified atom stereocenters. The van der Waals surface area contributed by atoms with Crippen LogP contribution in [0.3, 0.4) is 0 Å². The summed E-state index contributed by atoms with van der Waals surface area (Å²) in [5.41, 5.74) is 3.93. The highest BCUT2D eigenvalue weighted by molar-refractivity contribution is 5.92. The first kappa shape index (κ1) is 18.5. The Morgan fingerprint density at radius 2 is 1.59 bits per heavy atom. The minimum atomic E-state index is -0.0593. The van der Waals surface area contributed by atoms with Gasteiger partial charge in [0, 0.05) is 17.7 Å². The maximum absolute atomic E-state index is 12.4. The van der Waals surface area contributed by atoms with Crippen LogP contribution in [0.4, 0.5) is 5.69 Å². The maximum Gasteiger partial charge on any atom is 0.228 e. The average Bonchev–Trinajstić information content (AvgIpc) is 2.69. The topological polar surface area (TPSA) is 47.6 Å². The Balaban J connectivity index is 1.70. The van der Waals surface area contributed by atoms with Crippen LogP contribution in [-0.4, -0.2) is 20.1 Å². The van der Waals surface area contributed by atoms with Crippen LogP contribution in [0, 0.1) is 0 Å². The Morgan fingerprint density at radius 1 is 0.852 bits per heavy atom. The molecule has 1 N–H and O–H groups in total. The van der Waals surface area contributed by atoms with Gasteiger partial charge in [0.25, 0.3) is 0 Å². The molecule has 0 aromatic heterocycles. The van der Waals surface area contributed by atoms with Crippen molar-refractivity contribution in [1.29, 1.82) is 0 Å². The first-order valence-corrected chi connectivity index (χ1v) is 8.81. The van der Waals surface area contributed by atoms with Gasteiger partial charge in [-0.05, 0) is 41.5 Å². The van der Waals surface area contributed by atoms with Gasteiger partial charge < -0.3 is 14.8 Å². The molecule has 4 nitrogen and oxygen atoms in total. The number of ether oxygens (including phenoxy) is 2. The van der Waals surface area contributed by atoms with Crippen molar-refractivity contribution in [3.8, 4) is 11.5 Å². The number of anilines is 1. The minimum absolute atomic E-state index is 0.0593. The van der Waals surface area contributed by atoms with Gasteiger partial charge in [-0.2, -0.15) is 0 Å². The highest BCUT2D eigenvalue weighted by Gasteiger charge is 2.09. The van der Waals surface area contributed by atoms with E-state index in [0.717, 1.165) is 34.7 Å². The average molecular weight is 361 g/mol. The third kappa shape index (κ3) is 5.11. The van der Waals surface area contributed by atoms with Crippen molar-refractivity contribution in [2.75, 3.05) is 19.5 Å². The number of amides is 1. The summed E-state index contributed by atoms with van der Waals surface area (Å²) in [6, 6.07) is 23.4. The monoisotopic (exact) mass is 361 g/mol. The minimum Gasteiger partial charge on any atom is -0.497 e. The van der Waals surface area contributed by atoms with Gasteiger partial charge in [0.15, 0.2) is 0 Å². The number of benzene rings is 3. The SMILES string of the molecule is COc1ccc(CC(=O)Nc2ccc(OC)c(Cc3ccccc3)c2)cc1. The summed E-state index contributed by atoms with van der Waals surface area (Å²) in [5.74, 6) is 1.53. The van der Waals surface area contributed by atoms with Crippen LogP contribution in [0.2, 0.25) is 0 Å². The van der Waals surface area contributed by atoms with Gasteiger partial charge in [-0.3, -0.25) is 4.79 Å². The van der Waals surface area contributed by atoms with E-state index in [2.05, 4.69) is 17.4 Å². The van der Waals surface area contributed by atoms with Crippen LogP contribution in [0.15, 0.2) is 72.8 Å². The number of hydrogen-bond donors (Lipinski definition) is 1. The number of methoxy groups -OCH3 is 2. The van der Waals surface area contributed by atoms with Crippen LogP contribution >= 0.6 is 0 Å². The lowest BCUT2D eigenvalue weighted by molar-refractivity contribution is -0.115. The van der Waals surface area contributed by atoms with E-state index in [4.69, 9.17) is 9.47 Å². The fourth-order valence-electron chi connectivity index (χ4n) is 2.94. The maximum atomic E-state index is 12.4. The smallest absolute Gasteiger partial charge is 0.228 e. The molecular formula is C23H23NO3. The Labute approximate surface area is 159 Å². The molecule has 1 amide bonds. The van der Waals surface area contributed by atoms with E-state index in [1.54, 1.807) is 14.2 Å². The van der Waals surface area contributed by atoms with Gasteiger partial charge in [-0.25, -0.2) is 0 Å². The third-order valence-electron chi connectivity index (χ3n) is 4.33. The molecule has 27 heavy (non-hydrogen) atoms. The molecule has 0 aliphatic heterocycles. The number of hydrogen-bond acceptors (Lipinski definition) is 3. The lowest BCUT2D eigenvalue weighted by Gasteiger charge is -2.12. The first-order valence-electron chi connectivity index (χ1n) is 8.81. The van der Waals surface area contributed by atoms with Gasteiger partial charge in [0.1, 0.15) is 11.5 Å². The molecule has 0 radical (unpaired) electrons. The van der Waals surface area contributed by atoms with Gasteiger partial charge in [0.2, 0.25) is 5.91 Å². The van der Waals surface area contributed by atoms with Gasteiger partial charge in [0.05, 0.1) is 20.6 Å². The van der Waals surface area contributed by atoms with Gasteiger partial charge >= 0.3 is 0 Å². The van der Waals surface area contributed by atoms with E-state index in [0.29, 0.717) is 6.42 Å². The largest absolute Gasteiger partial charge is 0.497 e. The van der Waals surface area contributed by atoms with E-state index in [1.807, 2.05) is 60.7 Å². The molecule has 3 aromatic carbocycles. The second kappa shape index (κ2) is 8.90. The van der Waals surface area contributed by atoms with Crippen molar-refractivity contribution < 1.29 is 14.3 Å². The molecule has 138 valence electrons. The van der Waals surface area contributed by atoms with Crippen LogP contribution in [0.1, 0.15) is 16.7 Å². The van der Waals surface area contributed by atoms with E-state index in [-0.39, 0.29) is 5.91 Å². The van der Waals surface area contributed by atoms with E-state index >= 15 is 0 Å². The Kier molecular flexibility index (Phi) is 6.10. The molecule has 0 spiro atoms. The highest BCUT2D eigenvalue weighted by atomic mass is 16.5. The molecule has 0 saturated heterocycles. The number of nitrogens with one attached hydrogen (secondary N) is 1. The quantitative estimate of drug-likeness (QED) is 0.675. The second-order valence-electron chi connectivity index (χ2n) is 6.26. The molecule has 3 aromatic rings. The molecule has 0 heterocycles. The fraction of sp³-hybridized carbons (Fsp3) is 0.174. The summed E-state index contributed by atoms with van der Waals surface area (Å²) >= 11 is 0. The molecule has 3 rings (SSSR count). The van der Waals surface area contributed by atoms with Crippen molar-refractivity contribution in [2.45, 2.75) is 12.8 Å². The van der Waals surface area contributed by atoms with Crippen molar-refractivity contribution in [1.82, 2.24) is 0 Å². The predicted octanol–water partition coefficient (Wildman–Crippen LogP) is 4.48. The zero-order chi connectivity index (χ0) is 19.1. The normalized spacial score (nSPS) is 10.3. The van der Waals surface area contributed by atoms with Crippen LogP contribution in [0.25, 0.3) is 0 Å². The summed E-state index contributed by atoms with van der Waals surface area (Å²) in [6.07, 6.45) is 1.05. The molecule has 4 heteroatoms. The summed E-state index contributed by atoms with van der Waals surface area (Å²) in [5, 5.41) is 2.97. The van der Waals surface area contributed by atoms with Crippen molar-refractivity contribution in [2.24, 2.45) is 0 Å². The van der Waals surface area contributed by atoms with E-state index < -0.39 is 0 Å². The first-order chi connectivity index (χ1) is 13.2. The lowest BCUT2D eigenvalue weighted by Crippen LogP contribution is -2.14. The molecule has 0 bridgehead atoms. The predicted molar refractivity (Wildman–Crippen MR) is 108 cm³/mol. The number of rotatable bonds is 7. The summed E-state index contributed by atoms with van der Waals surface area (Å²) in [7, 11) is 3.28. The molecule has 0 saturated carbocycles. The summed E-state index contributed by atoms with van der Waals surface area (Å²) in [6.45, 7) is 0. The summed E-state index contributed by atoms with van der Waals surface area (Å²) in [4.78, 5) is 12.4. The van der Waals surface area contributed by atoms with Gasteiger partial charge in [-0.15, -0.1) is 0 Å². The van der Waals surface area contributed by atoms with Crippen LogP contribution in [-0.2, 0) is 17.6 Å². The highest BCUT2D eigenvalue weighted by Crippen LogP contribution is 2.25. The fourth-order valence-corrected chi connectivity index (χ4v) is 2.94. The number of carbonyl (C=O) groups is 1. The zero-order valence-corrected chi connectivity index (χ0v) is 15.6. The molecule has 0 fully saturated rings. The van der Waals surface area contributed by atoms with E-state index in [9.17, 15) is 4.79 Å². The zero-order valence-electron chi connectivity index (χ0n) is 15.6. The van der Waals surface area contributed by atoms with Gasteiger partial charge in [-0.1, -0.05) is 42.5 Å². The summed E-state index contributed by atoms with van der Waals surface area (Å²) < 4.78 is 10.6. The Morgan fingerprint density at radius 3 is 2.26 bits per heavy atom. The van der Waals surface area contributed by atoms with Crippen molar-refractivity contribution in [3.63, 3.8) is 0 Å².